The van der Waals surface area contributed by atoms with Crippen molar-refractivity contribution < 1.29 is 18.7 Å². The summed E-state index contributed by atoms with van der Waals surface area (Å²) in [6.45, 7) is 2.77. The van der Waals surface area contributed by atoms with Gasteiger partial charge in [-0.3, -0.25) is 14.5 Å². The molecule has 0 radical (unpaired) electrons. The number of unbranched alkanes of at least 4 members (excludes halogenated alkanes) is 2. The van der Waals surface area contributed by atoms with E-state index in [-0.39, 0.29) is 17.1 Å². The Bertz CT molecular complexity index is 1420. The van der Waals surface area contributed by atoms with Crippen molar-refractivity contribution in [3.8, 4) is 11.5 Å². The van der Waals surface area contributed by atoms with Gasteiger partial charge in [-0.2, -0.15) is 0 Å². The summed E-state index contributed by atoms with van der Waals surface area (Å²) in [6.07, 6.45) is 3.19. The van der Waals surface area contributed by atoms with Gasteiger partial charge in [0.25, 0.3) is 5.91 Å². The first kappa shape index (κ1) is 22.7. The van der Waals surface area contributed by atoms with E-state index in [4.69, 9.17) is 13.9 Å². The standard InChI is InChI=1S/C29H27NO5/c1-3-4-7-17-34-22-10-8-9-19(18-22)26-25-27(31)23-11-5-6-12-24(23)35-28(25)29(32)30(26)20-13-15-21(33-2)16-14-20/h5-6,8-16,18,26H,3-4,7,17H2,1-2H3. The summed E-state index contributed by atoms with van der Waals surface area (Å²) in [5.41, 5.74) is 1.96. The third-order valence-corrected chi connectivity index (χ3v) is 6.32. The largest absolute Gasteiger partial charge is 0.497 e. The predicted molar refractivity (Wildman–Crippen MR) is 136 cm³/mol. The topological polar surface area (TPSA) is 69.0 Å². The number of fused-ring (bicyclic) bond motifs is 2. The number of hydrogen-bond donors (Lipinski definition) is 0. The summed E-state index contributed by atoms with van der Waals surface area (Å²) in [4.78, 5) is 29.0. The molecule has 35 heavy (non-hydrogen) atoms. The fraction of sp³-hybridized carbons (Fsp3) is 0.241. The van der Waals surface area contributed by atoms with Crippen LogP contribution in [0.25, 0.3) is 11.0 Å². The van der Waals surface area contributed by atoms with Gasteiger partial charge in [0, 0.05) is 5.69 Å². The highest BCUT2D eigenvalue weighted by molar-refractivity contribution is 6.10. The molecule has 0 saturated carbocycles. The Morgan fingerprint density at radius 3 is 2.49 bits per heavy atom. The van der Waals surface area contributed by atoms with Crippen LogP contribution in [0.15, 0.2) is 82.0 Å². The lowest BCUT2D eigenvalue weighted by Crippen LogP contribution is -2.29. The van der Waals surface area contributed by atoms with Crippen molar-refractivity contribution in [2.45, 2.75) is 32.2 Å². The maximum absolute atomic E-state index is 13.7. The van der Waals surface area contributed by atoms with Crippen molar-refractivity contribution >= 4 is 22.6 Å². The molecule has 0 saturated heterocycles. The van der Waals surface area contributed by atoms with Crippen LogP contribution < -0.4 is 19.8 Å². The summed E-state index contributed by atoms with van der Waals surface area (Å²) >= 11 is 0. The summed E-state index contributed by atoms with van der Waals surface area (Å²) in [5.74, 6) is 1.10. The molecule has 0 bridgehead atoms. The average Bonchev–Trinajstić information content (AvgIpc) is 3.19. The zero-order chi connectivity index (χ0) is 24.4. The zero-order valence-corrected chi connectivity index (χ0v) is 19.8. The first-order valence-corrected chi connectivity index (χ1v) is 11.9. The average molecular weight is 470 g/mol. The van der Waals surface area contributed by atoms with Crippen molar-refractivity contribution in [2.75, 3.05) is 18.6 Å². The number of anilines is 1. The van der Waals surface area contributed by atoms with Gasteiger partial charge >= 0.3 is 0 Å². The summed E-state index contributed by atoms with van der Waals surface area (Å²) in [7, 11) is 1.59. The van der Waals surface area contributed by atoms with Gasteiger partial charge in [-0.25, -0.2) is 0 Å². The first-order valence-electron chi connectivity index (χ1n) is 11.9. The van der Waals surface area contributed by atoms with Crippen molar-refractivity contribution in [1.82, 2.24) is 0 Å². The molecule has 0 N–H and O–H groups in total. The molecule has 1 aliphatic heterocycles. The zero-order valence-electron chi connectivity index (χ0n) is 19.8. The molecule has 0 aliphatic carbocycles. The Kier molecular flexibility index (Phi) is 6.27. The fourth-order valence-electron chi connectivity index (χ4n) is 4.56. The Morgan fingerprint density at radius 2 is 1.71 bits per heavy atom. The number of carbonyl (C=O) groups is 1. The molecule has 1 amide bonds. The molecule has 0 fully saturated rings. The number of carbonyl (C=O) groups excluding carboxylic acids is 1. The van der Waals surface area contributed by atoms with Gasteiger partial charge < -0.3 is 13.9 Å². The minimum absolute atomic E-state index is 0.0729. The van der Waals surface area contributed by atoms with E-state index in [0.717, 1.165) is 24.8 Å². The van der Waals surface area contributed by atoms with Crippen molar-refractivity contribution in [1.29, 1.82) is 0 Å². The minimum Gasteiger partial charge on any atom is -0.497 e. The highest BCUT2D eigenvalue weighted by Crippen LogP contribution is 2.42. The molecule has 1 aromatic heterocycles. The molecule has 1 atom stereocenters. The summed E-state index contributed by atoms with van der Waals surface area (Å²) in [6, 6.07) is 21.2. The highest BCUT2D eigenvalue weighted by atomic mass is 16.5. The molecule has 5 rings (SSSR count). The van der Waals surface area contributed by atoms with Gasteiger partial charge in [0.2, 0.25) is 5.76 Å². The van der Waals surface area contributed by atoms with Crippen LogP contribution in [0.3, 0.4) is 0 Å². The minimum atomic E-state index is -0.647. The number of para-hydroxylation sites is 1. The molecular formula is C29H27NO5. The van der Waals surface area contributed by atoms with Crippen LogP contribution in [0.5, 0.6) is 11.5 Å². The molecule has 178 valence electrons. The van der Waals surface area contributed by atoms with Gasteiger partial charge in [-0.1, -0.05) is 44.0 Å². The van der Waals surface area contributed by atoms with Crippen LogP contribution >= 0.6 is 0 Å². The second-order valence-electron chi connectivity index (χ2n) is 8.57. The van der Waals surface area contributed by atoms with E-state index in [1.165, 1.54) is 0 Å². The Balaban J connectivity index is 1.64. The van der Waals surface area contributed by atoms with Crippen LogP contribution in [0.2, 0.25) is 0 Å². The smallest absolute Gasteiger partial charge is 0.295 e. The van der Waals surface area contributed by atoms with Gasteiger partial charge in [-0.05, 0) is 60.5 Å². The lowest BCUT2D eigenvalue weighted by molar-refractivity contribution is 0.0971. The molecule has 2 heterocycles. The van der Waals surface area contributed by atoms with Crippen molar-refractivity contribution in [3.05, 3.63) is 99.9 Å². The number of hydrogen-bond acceptors (Lipinski definition) is 5. The second kappa shape index (κ2) is 9.66. The molecule has 4 aromatic rings. The third kappa shape index (κ3) is 4.16. The fourth-order valence-corrected chi connectivity index (χ4v) is 4.56. The Morgan fingerprint density at radius 1 is 0.914 bits per heavy atom. The quantitative estimate of drug-likeness (QED) is 0.291. The molecule has 6 heteroatoms. The first-order chi connectivity index (χ1) is 17.1. The predicted octanol–water partition coefficient (Wildman–Crippen LogP) is 6.12. The molecule has 1 aliphatic rings. The van der Waals surface area contributed by atoms with E-state index in [1.807, 2.05) is 36.4 Å². The Labute approximate surface area is 203 Å². The molecule has 0 spiro atoms. The van der Waals surface area contributed by atoms with Gasteiger partial charge in [0.1, 0.15) is 17.1 Å². The second-order valence-corrected chi connectivity index (χ2v) is 8.57. The number of methoxy groups -OCH3 is 1. The van der Waals surface area contributed by atoms with E-state index in [0.29, 0.717) is 40.3 Å². The Hall–Kier alpha value is -4.06. The lowest BCUT2D eigenvalue weighted by Gasteiger charge is -2.25. The SMILES string of the molecule is CCCCCOc1cccc(C2c3c(oc4ccccc4c3=O)C(=O)N2c2ccc(OC)cc2)c1. The number of benzene rings is 3. The maximum Gasteiger partial charge on any atom is 0.295 e. The number of ether oxygens (including phenoxy) is 2. The molecule has 3 aromatic carbocycles. The van der Waals surface area contributed by atoms with Crippen LogP contribution in [-0.2, 0) is 0 Å². The monoisotopic (exact) mass is 469 g/mol. The van der Waals surface area contributed by atoms with Crippen molar-refractivity contribution in [3.63, 3.8) is 0 Å². The van der Waals surface area contributed by atoms with E-state index < -0.39 is 6.04 Å². The van der Waals surface area contributed by atoms with Crippen LogP contribution in [-0.4, -0.2) is 19.6 Å². The van der Waals surface area contributed by atoms with Gasteiger partial charge in [0.05, 0.1) is 30.7 Å². The van der Waals surface area contributed by atoms with Gasteiger partial charge in [-0.15, -0.1) is 0 Å². The van der Waals surface area contributed by atoms with Crippen LogP contribution in [0.1, 0.15) is 53.9 Å². The van der Waals surface area contributed by atoms with Crippen molar-refractivity contribution in [2.24, 2.45) is 0 Å². The normalized spacial score (nSPS) is 14.9. The van der Waals surface area contributed by atoms with E-state index in [1.54, 1.807) is 48.4 Å². The molecular weight excluding hydrogens is 442 g/mol. The lowest BCUT2D eigenvalue weighted by atomic mass is 9.98. The molecule has 1 unspecified atom stereocenters. The van der Waals surface area contributed by atoms with Gasteiger partial charge in [0.15, 0.2) is 5.43 Å². The van der Waals surface area contributed by atoms with E-state index in [2.05, 4.69) is 6.92 Å². The summed E-state index contributed by atoms with van der Waals surface area (Å²) < 4.78 is 17.3. The van der Waals surface area contributed by atoms with Crippen LogP contribution in [0, 0.1) is 0 Å². The molecule has 6 nitrogen and oxygen atoms in total. The van der Waals surface area contributed by atoms with Crippen LogP contribution in [0.4, 0.5) is 5.69 Å². The highest BCUT2D eigenvalue weighted by Gasteiger charge is 2.43. The third-order valence-electron chi connectivity index (χ3n) is 6.32. The number of nitrogens with zero attached hydrogens (tertiary/aromatic N) is 1. The number of amides is 1. The maximum atomic E-state index is 13.7. The number of rotatable bonds is 8. The van der Waals surface area contributed by atoms with E-state index >= 15 is 0 Å². The van der Waals surface area contributed by atoms with E-state index in [9.17, 15) is 9.59 Å². The summed E-state index contributed by atoms with van der Waals surface area (Å²) in [5, 5.41) is 0.451.